The second-order valence-electron chi connectivity index (χ2n) is 6.21. The quantitative estimate of drug-likeness (QED) is 0.791. The van der Waals surface area contributed by atoms with Gasteiger partial charge in [-0.15, -0.1) is 0 Å². The highest BCUT2D eigenvalue weighted by atomic mass is 79.9. The number of benzene rings is 1. The molecule has 0 bridgehead atoms. The Balaban J connectivity index is 1.98. The third kappa shape index (κ3) is 2.48. The normalized spacial score (nSPS) is 35.0. The fraction of sp³-hybridized carbons (Fsp3) is 0.562. The summed E-state index contributed by atoms with van der Waals surface area (Å²) in [7, 11) is 0. The number of nitrogens with one attached hydrogen (secondary N) is 1. The number of carbonyl (C=O) groups is 1. The Morgan fingerprint density at radius 3 is 2.36 bits per heavy atom. The molecule has 2 heterocycles. The summed E-state index contributed by atoms with van der Waals surface area (Å²) in [5.74, 6) is -0.781. The predicted octanol–water partition coefficient (Wildman–Crippen LogP) is 1.77. The van der Waals surface area contributed by atoms with Crippen molar-refractivity contribution < 1.29 is 19.4 Å². The highest BCUT2D eigenvalue weighted by Gasteiger charge is 2.55. The van der Waals surface area contributed by atoms with Crippen molar-refractivity contribution >= 4 is 21.8 Å². The van der Waals surface area contributed by atoms with Crippen molar-refractivity contribution in [2.24, 2.45) is 0 Å². The first kappa shape index (κ1) is 15.9. The molecule has 1 spiro atoms. The van der Waals surface area contributed by atoms with Crippen LogP contribution < -0.4 is 5.32 Å². The summed E-state index contributed by atoms with van der Waals surface area (Å²) < 4.78 is 12.0. The van der Waals surface area contributed by atoms with Crippen LogP contribution in [0.5, 0.6) is 0 Å². The molecule has 1 amide bonds. The molecule has 2 saturated heterocycles. The van der Waals surface area contributed by atoms with E-state index >= 15 is 0 Å². The first-order chi connectivity index (χ1) is 10.3. The number of carbonyl (C=O) groups excluding carboxylic acids is 1. The van der Waals surface area contributed by atoms with Crippen LogP contribution in [-0.4, -0.2) is 42.2 Å². The molecule has 2 atom stereocenters. The fourth-order valence-corrected chi connectivity index (χ4v) is 4.11. The maximum atomic E-state index is 12.5. The number of rotatable bonds is 1. The van der Waals surface area contributed by atoms with E-state index in [1.54, 1.807) is 6.92 Å². The lowest BCUT2D eigenvalue weighted by Crippen LogP contribution is -2.60. The molecule has 5 nitrogen and oxygen atoms in total. The van der Waals surface area contributed by atoms with Crippen LogP contribution in [0, 0.1) is 13.8 Å². The first-order valence-corrected chi connectivity index (χ1v) is 8.13. The maximum absolute atomic E-state index is 12.5. The molecule has 0 aromatic heterocycles. The minimum Gasteiger partial charge on any atom is -0.389 e. The summed E-state index contributed by atoms with van der Waals surface area (Å²) in [6, 6.07) is 3.92. The molecule has 2 aliphatic heterocycles. The van der Waals surface area contributed by atoms with E-state index in [-0.39, 0.29) is 25.4 Å². The maximum Gasteiger partial charge on any atom is 0.230 e. The SMILES string of the molecule is Cc1cc(Br)cc(C)c1C1C(=O)NC2(COC(C)OC2)C1O. The highest BCUT2D eigenvalue weighted by molar-refractivity contribution is 9.10. The molecule has 2 fully saturated rings. The molecule has 1 aromatic carbocycles. The third-order valence-electron chi connectivity index (χ3n) is 4.56. The minimum absolute atomic E-state index is 0.178. The van der Waals surface area contributed by atoms with E-state index in [9.17, 15) is 9.90 Å². The van der Waals surface area contributed by atoms with Crippen LogP contribution in [-0.2, 0) is 14.3 Å². The van der Waals surface area contributed by atoms with Crippen LogP contribution in [0.1, 0.15) is 29.5 Å². The Hall–Kier alpha value is -0.950. The summed E-state index contributed by atoms with van der Waals surface area (Å²) in [5, 5.41) is 13.7. The van der Waals surface area contributed by atoms with Gasteiger partial charge in [0.25, 0.3) is 0 Å². The molecule has 120 valence electrons. The van der Waals surface area contributed by atoms with Crippen LogP contribution in [0.4, 0.5) is 0 Å². The van der Waals surface area contributed by atoms with Crippen LogP contribution >= 0.6 is 15.9 Å². The van der Waals surface area contributed by atoms with Gasteiger partial charge < -0.3 is 19.9 Å². The number of ether oxygens (including phenoxy) is 2. The molecule has 2 N–H and O–H groups in total. The summed E-state index contributed by atoms with van der Waals surface area (Å²) in [6.45, 7) is 6.22. The zero-order valence-electron chi connectivity index (χ0n) is 12.9. The average molecular weight is 370 g/mol. The number of amides is 1. The van der Waals surface area contributed by atoms with Crippen molar-refractivity contribution in [3.63, 3.8) is 0 Å². The van der Waals surface area contributed by atoms with Crippen molar-refractivity contribution in [3.05, 3.63) is 33.3 Å². The van der Waals surface area contributed by atoms with E-state index in [1.807, 2.05) is 26.0 Å². The van der Waals surface area contributed by atoms with Gasteiger partial charge in [-0.3, -0.25) is 4.79 Å². The minimum atomic E-state index is -0.883. The van der Waals surface area contributed by atoms with Crippen molar-refractivity contribution in [1.82, 2.24) is 5.32 Å². The number of aliphatic hydroxyl groups excluding tert-OH is 1. The van der Waals surface area contributed by atoms with Gasteiger partial charge in [-0.05, 0) is 49.6 Å². The highest BCUT2D eigenvalue weighted by Crippen LogP contribution is 2.39. The van der Waals surface area contributed by atoms with Crippen LogP contribution in [0.2, 0.25) is 0 Å². The van der Waals surface area contributed by atoms with Gasteiger partial charge in [0.1, 0.15) is 5.54 Å². The number of hydrogen-bond acceptors (Lipinski definition) is 4. The average Bonchev–Trinajstić information content (AvgIpc) is 2.66. The van der Waals surface area contributed by atoms with Gasteiger partial charge in [-0.1, -0.05) is 15.9 Å². The van der Waals surface area contributed by atoms with Crippen LogP contribution in [0.15, 0.2) is 16.6 Å². The van der Waals surface area contributed by atoms with Crippen LogP contribution in [0.3, 0.4) is 0 Å². The van der Waals surface area contributed by atoms with E-state index in [2.05, 4.69) is 21.2 Å². The monoisotopic (exact) mass is 369 g/mol. The first-order valence-electron chi connectivity index (χ1n) is 7.34. The van der Waals surface area contributed by atoms with Gasteiger partial charge in [0, 0.05) is 4.47 Å². The van der Waals surface area contributed by atoms with E-state index in [4.69, 9.17) is 9.47 Å². The molecule has 1 aromatic rings. The largest absolute Gasteiger partial charge is 0.389 e. The van der Waals surface area contributed by atoms with Gasteiger partial charge >= 0.3 is 0 Å². The Morgan fingerprint density at radius 2 is 1.82 bits per heavy atom. The summed E-state index contributed by atoms with van der Waals surface area (Å²) in [6.07, 6.45) is -1.20. The number of aryl methyl sites for hydroxylation is 2. The molecule has 0 aliphatic carbocycles. The van der Waals surface area contributed by atoms with E-state index in [0.717, 1.165) is 21.2 Å². The van der Waals surface area contributed by atoms with Gasteiger partial charge in [0.2, 0.25) is 5.91 Å². The second-order valence-corrected chi connectivity index (χ2v) is 7.13. The second kappa shape index (κ2) is 5.60. The molecular weight excluding hydrogens is 350 g/mol. The number of hydrogen-bond donors (Lipinski definition) is 2. The van der Waals surface area contributed by atoms with E-state index in [0.29, 0.717) is 0 Å². The Bertz CT molecular complexity index is 587. The Morgan fingerprint density at radius 1 is 1.27 bits per heavy atom. The predicted molar refractivity (Wildman–Crippen MR) is 84.6 cm³/mol. The molecule has 0 radical (unpaired) electrons. The van der Waals surface area contributed by atoms with Gasteiger partial charge in [-0.25, -0.2) is 0 Å². The Kier molecular flexibility index (Phi) is 4.05. The van der Waals surface area contributed by atoms with Crippen LogP contribution in [0.25, 0.3) is 0 Å². The molecule has 6 heteroatoms. The van der Waals surface area contributed by atoms with E-state index in [1.165, 1.54) is 0 Å². The van der Waals surface area contributed by atoms with Crippen molar-refractivity contribution in [2.45, 2.75) is 44.6 Å². The lowest BCUT2D eigenvalue weighted by Gasteiger charge is -2.38. The molecule has 22 heavy (non-hydrogen) atoms. The van der Waals surface area contributed by atoms with Crippen molar-refractivity contribution in [1.29, 1.82) is 0 Å². The van der Waals surface area contributed by atoms with Crippen molar-refractivity contribution in [2.75, 3.05) is 13.2 Å². The standard InChI is InChI=1S/C16H20BrNO4/c1-8-4-11(17)5-9(2)12(8)13-14(19)16(18-15(13)20)6-21-10(3)22-7-16/h4-5,10,13-14,19H,6-7H2,1-3H3,(H,18,20). The smallest absolute Gasteiger partial charge is 0.230 e. The molecule has 0 saturated carbocycles. The zero-order valence-corrected chi connectivity index (χ0v) is 14.4. The lowest BCUT2D eigenvalue weighted by atomic mass is 9.82. The topological polar surface area (TPSA) is 67.8 Å². The van der Waals surface area contributed by atoms with Crippen molar-refractivity contribution in [3.8, 4) is 0 Å². The number of halogens is 1. The zero-order chi connectivity index (χ0) is 16.1. The van der Waals surface area contributed by atoms with Gasteiger partial charge in [-0.2, -0.15) is 0 Å². The van der Waals surface area contributed by atoms with Gasteiger partial charge in [0.05, 0.1) is 25.2 Å². The molecule has 3 rings (SSSR count). The summed E-state index contributed by atoms with van der Waals surface area (Å²) in [5.41, 5.74) is 1.98. The summed E-state index contributed by atoms with van der Waals surface area (Å²) in [4.78, 5) is 12.5. The molecular formula is C16H20BrNO4. The molecule has 2 unspecified atom stereocenters. The van der Waals surface area contributed by atoms with Gasteiger partial charge in [0.15, 0.2) is 6.29 Å². The third-order valence-corrected chi connectivity index (χ3v) is 5.02. The Labute approximate surface area is 138 Å². The lowest BCUT2D eigenvalue weighted by molar-refractivity contribution is -0.214. The fourth-order valence-electron chi connectivity index (χ4n) is 3.43. The molecule has 2 aliphatic rings. The van der Waals surface area contributed by atoms with E-state index < -0.39 is 17.6 Å². The number of aliphatic hydroxyl groups is 1. The summed E-state index contributed by atoms with van der Waals surface area (Å²) >= 11 is 3.46.